The average molecular weight is 468 g/mol. The molecule has 2 heterocycles. The Morgan fingerprint density at radius 1 is 0.971 bits per heavy atom. The van der Waals surface area contributed by atoms with Crippen LogP contribution in [0.25, 0.3) is 0 Å². The predicted molar refractivity (Wildman–Crippen MR) is 135 cm³/mol. The minimum atomic E-state index is -0.411. The Bertz CT molecular complexity index is 1240. The standard InChI is InChI=1S/C29H29N3O3/c1-20(22-8-3-2-4-9-22)18-30-27(33)23-15-13-21(14-16-23)19-32-25-11-6-5-10-24(25)28(34)31-17-7-12-26(31)29(32)35/h2-6,8-11,13-16,20,26H,7,12,17-19H2,1H3,(H,30,33)/t20-,26-/m1/s1. The molecule has 0 saturated carbocycles. The molecule has 1 N–H and O–H groups in total. The Labute approximate surface area is 205 Å². The van der Waals surface area contributed by atoms with Gasteiger partial charge in [0.2, 0.25) is 5.91 Å². The van der Waals surface area contributed by atoms with Crippen molar-refractivity contribution in [3.63, 3.8) is 0 Å². The highest BCUT2D eigenvalue weighted by atomic mass is 16.2. The molecule has 2 aliphatic heterocycles. The number of nitrogens with zero attached hydrogens (tertiary/aromatic N) is 2. The van der Waals surface area contributed by atoms with E-state index < -0.39 is 6.04 Å². The van der Waals surface area contributed by atoms with E-state index in [0.29, 0.717) is 42.9 Å². The van der Waals surface area contributed by atoms with Gasteiger partial charge >= 0.3 is 0 Å². The number of nitrogens with one attached hydrogen (secondary N) is 1. The molecule has 0 spiro atoms. The van der Waals surface area contributed by atoms with Crippen LogP contribution in [0.2, 0.25) is 0 Å². The molecule has 1 fully saturated rings. The summed E-state index contributed by atoms with van der Waals surface area (Å²) in [7, 11) is 0. The molecule has 178 valence electrons. The van der Waals surface area contributed by atoms with E-state index in [4.69, 9.17) is 0 Å². The molecule has 35 heavy (non-hydrogen) atoms. The van der Waals surface area contributed by atoms with Crippen molar-refractivity contribution in [2.45, 2.75) is 38.3 Å². The molecule has 3 aromatic rings. The number of rotatable bonds is 6. The third-order valence-electron chi connectivity index (χ3n) is 6.98. The number of para-hydroxylation sites is 1. The Morgan fingerprint density at radius 3 is 2.46 bits per heavy atom. The summed E-state index contributed by atoms with van der Waals surface area (Å²) in [6.07, 6.45) is 1.53. The summed E-state index contributed by atoms with van der Waals surface area (Å²) < 4.78 is 0. The first-order valence-corrected chi connectivity index (χ1v) is 12.2. The van der Waals surface area contributed by atoms with Gasteiger partial charge in [-0.2, -0.15) is 0 Å². The van der Waals surface area contributed by atoms with Crippen LogP contribution in [0.4, 0.5) is 5.69 Å². The van der Waals surface area contributed by atoms with Gasteiger partial charge in [-0.05, 0) is 54.2 Å². The van der Waals surface area contributed by atoms with Crippen LogP contribution >= 0.6 is 0 Å². The number of hydrogen-bond acceptors (Lipinski definition) is 3. The molecule has 0 bridgehead atoms. The topological polar surface area (TPSA) is 69.7 Å². The molecule has 0 aliphatic carbocycles. The number of hydrogen-bond donors (Lipinski definition) is 1. The zero-order valence-electron chi connectivity index (χ0n) is 19.8. The highest BCUT2D eigenvalue weighted by Crippen LogP contribution is 2.33. The largest absolute Gasteiger partial charge is 0.351 e. The van der Waals surface area contributed by atoms with Crippen LogP contribution in [-0.2, 0) is 11.3 Å². The van der Waals surface area contributed by atoms with Gasteiger partial charge in [0, 0.05) is 18.7 Å². The number of fused-ring (bicyclic) bond motifs is 2. The van der Waals surface area contributed by atoms with Gasteiger partial charge in [-0.15, -0.1) is 0 Å². The minimum Gasteiger partial charge on any atom is -0.351 e. The predicted octanol–water partition coefficient (Wildman–Crippen LogP) is 4.37. The average Bonchev–Trinajstić information content (AvgIpc) is 3.38. The van der Waals surface area contributed by atoms with E-state index in [1.165, 1.54) is 5.56 Å². The number of amides is 3. The summed E-state index contributed by atoms with van der Waals surface area (Å²) in [6, 6.07) is 24.4. The van der Waals surface area contributed by atoms with Crippen molar-refractivity contribution in [1.29, 1.82) is 0 Å². The minimum absolute atomic E-state index is 0.0440. The van der Waals surface area contributed by atoms with Crippen LogP contribution < -0.4 is 10.2 Å². The fourth-order valence-electron chi connectivity index (χ4n) is 4.96. The fraction of sp³-hybridized carbons (Fsp3) is 0.276. The molecule has 3 amide bonds. The zero-order chi connectivity index (χ0) is 24.4. The SMILES string of the molecule is C[C@H](CNC(=O)c1ccc(CN2C(=O)[C@H]3CCCN3C(=O)c3ccccc32)cc1)c1ccccc1. The van der Waals surface area contributed by atoms with Gasteiger partial charge in [0.15, 0.2) is 0 Å². The van der Waals surface area contributed by atoms with Crippen LogP contribution in [0.3, 0.4) is 0 Å². The zero-order valence-corrected chi connectivity index (χ0v) is 19.8. The van der Waals surface area contributed by atoms with Gasteiger partial charge in [-0.1, -0.05) is 61.5 Å². The van der Waals surface area contributed by atoms with E-state index in [0.717, 1.165) is 12.0 Å². The number of carbonyl (C=O) groups excluding carboxylic acids is 3. The number of carbonyl (C=O) groups is 3. The van der Waals surface area contributed by atoms with Crippen LogP contribution in [-0.4, -0.2) is 41.8 Å². The van der Waals surface area contributed by atoms with Crippen LogP contribution in [0.5, 0.6) is 0 Å². The van der Waals surface area contributed by atoms with Crippen molar-refractivity contribution in [1.82, 2.24) is 10.2 Å². The maximum Gasteiger partial charge on any atom is 0.256 e. The Kier molecular flexibility index (Phi) is 6.36. The first kappa shape index (κ1) is 22.8. The van der Waals surface area contributed by atoms with Crippen LogP contribution in [0.1, 0.15) is 57.5 Å². The van der Waals surface area contributed by atoms with Gasteiger partial charge < -0.3 is 15.1 Å². The molecule has 2 aliphatic rings. The van der Waals surface area contributed by atoms with Gasteiger partial charge in [-0.25, -0.2) is 0 Å². The van der Waals surface area contributed by atoms with E-state index >= 15 is 0 Å². The van der Waals surface area contributed by atoms with Gasteiger partial charge in [0.05, 0.1) is 17.8 Å². The molecule has 6 heteroatoms. The molecular formula is C29H29N3O3. The molecule has 0 unspecified atom stereocenters. The van der Waals surface area contributed by atoms with Crippen LogP contribution in [0.15, 0.2) is 78.9 Å². The summed E-state index contributed by atoms with van der Waals surface area (Å²) >= 11 is 0. The quantitative estimate of drug-likeness (QED) is 0.585. The Balaban J connectivity index is 1.30. The first-order chi connectivity index (χ1) is 17.0. The third kappa shape index (κ3) is 4.56. The van der Waals surface area contributed by atoms with E-state index in [1.54, 1.807) is 28.0 Å². The van der Waals surface area contributed by atoms with E-state index in [1.807, 2.05) is 48.5 Å². The molecule has 3 aromatic carbocycles. The number of anilines is 1. The Morgan fingerprint density at radius 2 is 1.69 bits per heavy atom. The fourth-order valence-corrected chi connectivity index (χ4v) is 4.96. The molecular weight excluding hydrogens is 438 g/mol. The van der Waals surface area contributed by atoms with Gasteiger partial charge in [-0.3, -0.25) is 14.4 Å². The third-order valence-corrected chi connectivity index (χ3v) is 6.98. The van der Waals surface area contributed by atoms with Gasteiger partial charge in [0.1, 0.15) is 6.04 Å². The summed E-state index contributed by atoms with van der Waals surface area (Å²) in [5.41, 5.74) is 3.88. The van der Waals surface area contributed by atoms with E-state index in [-0.39, 0.29) is 23.6 Å². The monoisotopic (exact) mass is 467 g/mol. The van der Waals surface area contributed by atoms with Crippen molar-refractivity contribution in [3.8, 4) is 0 Å². The molecule has 5 rings (SSSR count). The second-order valence-electron chi connectivity index (χ2n) is 9.32. The van der Waals surface area contributed by atoms with Crippen molar-refractivity contribution in [3.05, 3.63) is 101 Å². The van der Waals surface area contributed by atoms with Crippen molar-refractivity contribution < 1.29 is 14.4 Å². The smallest absolute Gasteiger partial charge is 0.256 e. The highest BCUT2D eigenvalue weighted by Gasteiger charge is 2.41. The summed E-state index contributed by atoms with van der Waals surface area (Å²) in [5.74, 6) is -0.0256. The summed E-state index contributed by atoms with van der Waals surface area (Å²) in [6.45, 7) is 3.60. The highest BCUT2D eigenvalue weighted by molar-refractivity contribution is 6.11. The van der Waals surface area contributed by atoms with Gasteiger partial charge in [0.25, 0.3) is 11.8 Å². The van der Waals surface area contributed by atoms with E-state index in [2.05, 4.69) is 24.4 Å². The normalized spacial score (nSPS) is 18.0. The summed E-state index contributed by atoms with van der Waals surface area (Å²) in [5, 5.41) is 3.01. The first-order valence-electron chi connectivity index (χ1n) is 12.2. The lowest BCUT2D eigenvalue weighted by Crippen LogP contribution is -2.44. The molecule has 2 atom stereocenters. The van der Waals surface area contributed by atoms with Crippen molar-refractivity contribution in [2.75, 3.05) is 18.0 Å². The van der Waals surface area contributed by atoms with Crippen molar-refractivity contribution in [2.24, 2.45) is 0 Å². The van der Waals surface area contributed by atoms with E-state index in [9.17, 15) is 14.4 Å². The molecule has 6 nitrogen and oxygen atoms in total. The maximum atomic E-state index is 13.4. The summed E-state index contributed by atoms with van der Waals surface area (Å²) in [4.78, 5) is 42.7. The lowest BCUT2D eigenvalue weighted by molar-refractivity contribution is -0.122. The lowest BCUT2D eigenvalue weighted by Gasteiger charge is -2.26. The van der Waals surface area contributed by atoms with Crippen LogP contribution in [0, 0.1) is 0 Å². The van der Waals surface area contributed by atoms with Crippen molar-refractivity contribution >= 4 is 23.4 Å². The Hall–Kier alpha value is -3.93. The molecule has 1 saturated heterocycles. The maximum absolute atomic E-state index is 13.4. The molecule has 0 radical (unpaired) electrons. The second-order valence-corrected chi connectivity index (χ2v) is 9.32. The second kappa shape index (κ2) is 9.74. The lowest BCUT2D eigenvalue weighted by atomic mass is 10.0. The molecule has 0 aromatic heterocycles. The number of benzene rings is 3.